The molecule has 20 heavy (non-hydrogen) atoms. The fourth-order valence-corrected chi connectivity index (χ4v) is 4.47. The van der Waals surface area contributed by atoms with Gasteiger partial charge in [0.1, 0.15) is 11.7 Å². The van der Waals surface area contributed by atoms with Gasteiger partial charge in [-0.2, -0.15) is 0 Å². The quantitative estimate of drug-likeness (QED) is 0.541. The molecular formula is C15H22O5. The van der Waals surface area contributed by atoms with Crippen molar-refractivity contribution in [3.63, 3.8) is 0 Å². The lowest BCUT2D eigenvalue weighted by Gasteiger charge is -2.56. The van der Waals surface area contributed by atoms with E-state index in [0.717, 1.165) is 25.7 Å². The van der Waals surface area contributed by atoms with Crippen molar-refractivity contribution in [1.82, 2.24) is 0 Å². The zero-order chi connectivity index (χ0) is 14.4. The Kier molecular flexibility index (Phi) is 3.37. The van der Waals surface area contributed by atoms with Gasteiger partial charge in [-0.25, -0.2) is 0 Å². The summed E-state index contributed by atoms with van der Waals surface area (Å²) in [5, 5.41) is 0. The van der Waals surface area contributed by atoms with Gasteiger partial charge in [0.15, 0.2) is 5.79 Å². The van der Waals surface area contributed by atoms with Crippen LogP contribution in [0, 0.1) is 17.3 Å². The normalized spacial score (nSPS) is 39.6. The van der Waals surface area contributed by atoms with E-state index in [9.17, 15) is 9.59 Å². The van der Waals surface area contributed by atoms with Crippen molar-refractivity contribution in [2.24, 2.45) is 17.3 Å². The van der Waals surface area contributed by atoms with Crippen LogP contribution in [0.3, 0.4) is 0 Å². The van der Waals surface area contributed by atoms with Crippen molar-refractivity contribution in [2.45, 2.75) is 44.8 Å². The van der Waals surface area contributed by atoms with Gasteiger partial charge in [0, 0.05) is 18.3 Å². The van der Waals surface area contributed by atoms with Crippen LogP contribution in [0.1, 0.15) is 39.0 Å². The van der Waals surface area contributed by atoms with Crippen LogP contribution in [0.15, 0.2) is 0 Å². The van der Waals surface area contributed by atoms with E-state index >= 15 is 0 Å². The summed E-state index contributed by atoms with van der Waals surface area (Å²) in [4.78, 5) is 24.3. The van der Waals surface area contributed by atoms with E-state index in [2.05, 4.69) is 6.92 Å². The molecule has 0 amide bonds. The molecule has 0 aromatic carbocycles. The van der Waals surface area contributed by atoms with Crippen molar-refractivity contribution in [3.8, 4) is 0 Å². The van der Waals surface area contributed by atoms with Crippen molar-refractivity contribution in [2.75, 3.05) is 20.3 Å². The summed E-state index contributed by atoms with van der Waals surface area (Å²) in [7, 11) is 1.35. The molecule has 2 saturated carbocycles. The van der Waals surface area contributed by atoms with Crippen LogP contribution in [0.5, 0.6) is 0 Å². The number of ether oxygens (including phenoxy) is 3. The molecule has 1 spiro atoms. The van der Waals surface area contributed by atoms with Gasteiger partial charge < -0.3 is 14.2 Å². The molecule has 0 N–H and O–H groups in total. The average Bonchev–Trinajstić information content (AvgIpc) is 2.91. The third-order valence-corrected chi connectivity index (χ3v) is 5.56. The number of carbonyl (C=O) groups excluding carboxylic acids is 2. The smallest absolute Gasteiger partial charge is 0.316 e. The summed E-state index contributed by atoms with van der Waals surface area (Å²) in [5.41, 5.74) is -0.283. The molecule has 1 aliphatic heterocycles. The molecule has 2 aliphatic carbocycles. The Morgan fingerprint density at radius 3 is 2.65 bits per heavy atom. The van der Waals surface area contributed by atoms with Gasteiger partial charge in [-0.3, -0.25) is 9.59 Å². The fourth-order valence-electron chi connectivity index (χ4n) is 4.47. The molecule has 112 valence electrons. The van der Waals surface area contributed by atoms with Gasteiger partial charge in [0.2, 0.25) is 0 Å². The molecule has 0 aromatic heterocycles. The van der Waals surface area contributed by atoms with Crippen molar-refractivity contribution in [1.29, 1.82) is 0 Å². The highest BCUT2D eigenvalue weighted by Crippen LogP contribution is 2.59. The van der Waals surface area contributed by atoms with Crippen LogP contribution in [0.25, 0.3) is 0 Å². The Bertz CT molecular complexity index is 418. The molecule has 5 nitrogen and oxygen atoms in total. The maximum atomic E-state index is 12.2. The van der Waals surface area contributed by atoms with Crippen LogP contribution in [-0.2, 0) is 23.8 Å². The van der Waals surface area contributed by atoms with Crippen LogP contribution in [0.4, 0.5) is 0 Å². The Hall–Kier alpha value is -0.940. The number of methoxy groups -OCH3 is 1. The molecule has 1 saturated heterocycles. The average molecular weight is 282 g/mol. The van der Waals surface area contributed by atoms with Gasteiger partial charge >= 0.3 is 5.97 Å². The molecule has 0 radical (unpaired) electrons. The van der Waals surface area contributed by atoms with Crippen molar-refractivity contribution >= 4 is 11.8 Å². The van der Waals surface area contributed by atoms with Gasteiger partial charge in [-0.05, 0) is 25.2 Å². The second kappa shape index (κ2) is 4.81. The minimum absolute atomic E-state index is 0.00868. The number of ketones is 1. The maximum Gasteiger partial charge on any atom is 0.316 e. The summed E-state index contributed by atoms with van der Waals surface area (Å²) < 4.78 is 16.8. The van der Waals surface area contributed by atoms with Crippen molar-refractivity contribution < 1.29 is 23.8 Å². The highest BCUT2D eigenvalue weighted by Gasteiger charge is 2.63. The standard InChI is InChI=1S/C15H22O5/c1-14-7-5-11(16)12(13(17)18-2)10(14)4-3-6-15(14)19-8-9-20-15/h10,12H,3-9H2,1-2H3/t10-,12+,14+/m0/s1. The first-order valence-electron chi connectivity index (χ1n) is 7.42. The number of hydrogen-bond donors (Lipinski definition) is 0. The first-order chi connectivity index (χ1) is 9.54. The van der Waals surface area contributed by atoms with Gasteiger partial charge in [0.25, 0.3) is 0 Å². The first kappa shape index (κ1) is 14.0. The van der Waals surface area contributed by atoms with Crippen LogP contribution < -0.4 is 0 Å². The van der Waals surface area contributed by atoms with E-state index in [0.29, 0.717) is 19.6 Å². The van der Waals surface area contributed by atoms with Crippen LogP contribution in [0.2, 0.25) is 0 Å². The summed E-state index contributed by atoms with van der Waals surface area (Å²) in [6.45, 7) is 3.31. The molecule has 3 rings (SSSR count). The molecule has 5 heteroatoms. The minimum atomic E-state index is -0.649. The summed E-state index contributed by atoms with van der Waals surface area (Å²) >= 11 is 0. The molecule has 3 fully saturated rings. The second-order valence-electron chi connectivity index (χ2n) is 6.33. The van der Waals surface area contributed by atoms with Gasteiger partial charge in [0.05, 0.1) is 20.3 Å². The molecule has 0 unspecified atom stereocenters. The SMILES string of the molecule is COC(=O)[C@H]1C(=O)CC[C@]2(C)[C@H]1CCCC21OCCO1. The highest BCUT2D eigenvalue weighted by molar-refractivity contribution is 6.00. The molecule has 0 bridgehead atoms. The number of Topliss-reactive ketones (excluding diaryl/α,β-unsaturated/α-hetero) is 1. The molecule has 0 aromatic rings. The summed E-state index contributed by atoms with van der Waals surface area (Å²) in [5.74, 6) is -1.69. The minimum Gasteiger partial charge on any atom is -0.468 e. The lowest BCUT2D eigenvalue weighted by molar-refractivity contribution is -0.278. The van der Waals surface area contributed by atoms with Crippen LogP contribution >= 0.6 is 0 Å². The maximum absolute atomic E-state index is 12.2. The Morgan fingerprint density at radius 2 is 2.00 bits per heavy atom. The predicted molar refractivity (Wildman–Crippen MR) is 69.8 cm³/mol. The van der Waals surface area contributed by atoms with E-state index in [1.807, 2.05) is 0 Å². The van der Waals surface area contributed by atoms with E-state index in [-0.39, 0.29) is 17.1 Å². The van der Waals surface area contributed by atoms with Crippen molar-refractivity contribution in [3.05, 3.63) is 0 Å². The topological polar surface area (TPSA) is 61.8 Å². The predicted octanol–water partition coefficient (Wildman–Crippen LogP) is 1.69. The third-order valence-electron chi connectivity index (χ3n) is 5.56. The van der Waals surface area contributed by atoms with E-state index in [1.54, 1.807) is 0 Å². The monoisotopic (exact) mass is 282 g/mol. The summed E-state index contributed by atoms with van der Waals surface area (Å²) in [6.07, 6.45) is 3.75. The van der Waals surface area contributed by atoms with E-state index in [4.69, 9.17) is 14.2 Å². The number of fused-ring (bicyclic) bond motifs is 2. The Morgan fingerprint density at radius 1 is 1.30 bits per heavy atom. The Labute approximate surface area is 118 Å². The number of esters is 1. The number of hydrogen-bond acceptors (Lipinski definition) is 5. The molecule has 3 aliphatic rings. The fraction of sp³-hybridized carbons (Fsp3) is 0.867. The van der Waals surface area contributed by atoms with E-state index in [1.165, 1.54) is 7.11 Å². The third kappa shape index (κ3) is 1.76. The molecular weight excluding hydrogens is 260 g/mol. The highest BCUT2D eigenvalue weighted by atomic mass is 16.7. The Balaban J connectivity index is 1.98. The number of rotatable bonds is 1. The van der Waals surface area contributed by atoms with Gasteiger partial charge in [-0.1, -0.05) is 6.92 Å². The zero-order valence-corrected chi connectivity index (χ0v) is 12.1. The summed E-state index contributed by atoms with van der Waals surface area (Å²) in [6, 6.07) is 0. The first-order valence-corrected chi connectivity index (χ1v) is 7.42. The van der Waals surface area contributed by atoms with Gasteiger partial charge in [-0.15, -0.1) is 0 Å². The second-order valence-corrected chi connectivity index (χ2v) is 6.33. The zero-order valence-electron chi connectivity index (χ0n) is 12.1. The number of carbonyl (C=O) groups is 2. The molecule has 1 heterocycles. The van der Waals surface area contributed by atoms with E-state index < -0.39 is 17.7 Å². The lowest BCUT2D eigenvalue weighted by Crippen LogP contribution is -2.60. The van der Waals surface area contributed by atoms with Crippen LogP contribution in [-0.4, -0.2) is 37.9 Å². The molecule has 3 atom stereocenters. The lowest BCUT2D eigenvalue weighted by atomic mass is 9.53. The largest absolute Gasteiger partial charge is 0.468 e.